The number of ether oxygens (including phenoxy) is 1. The second-order valence-corrected chi connectivity index (χ2v) is 6.19. The third-order valence-corrected chi connectivity index (χ3v) is 4.37. The second-order valence-electron chi connectivity index (χ2n) is 4.22. The first-order chi connectivity index (χ1) is 9.02. The number of sulfonamides is 1. The molecule has 1 aromatic rings. The lowest BCUT2D eigenvalue weighted by Gasteiger charge is -2.14. The number of nitrogens with zero attached hydrogens (tertiary/aromatic N) is 1. The van der Waals surface area contributed by atoms with Gasteiger partial charge in [-0.15, -0.1) is 0 Å². The summed E-state index contributed by atoms with van der Waals surface area (Å²) < 4.78 is 35.7. The second kappa shape index (κ2) is 7.64. The summed E-state index contributed by atoms with van der Waals surface area (Å²) in [6, 6.07) is 3.17. The minimum Gasteiger partial charge on any atom is -0.447 e. The molecular weight excluding hydrogens is 268 g/mol. The van der Waals surface area contributed by atoms with Crippen LogP contribution in [0.4, 0.5) is 0 Å². The van der Waals surface area contributed by atoms with Crippen LogP contribution in [-0.4, -0.2) is 46.6 Å². The summed E-state index contributed by atoms with van der Waals surface area (Å²) in [5.41, 5.74) is 0. The molecule has 6 nitrogen and oxygen atoms in total. The van der Waals surface area contributed by atoms with Crippen molar-refractivity contribution in [1.82, 2.24) is 9.62 Å². The summed E-state index contributed by atoms with van der Waals surface area (Å²) in [7, 11) is -0.524. The molecule has 0 fully saturated rings. The highest BCUT2D eigenvalue weighted by Gasteiger charge is 2.24. The number of rotatable bonds is 9. The highest BCUT2D eigenvalue weighted by Crippen LogP contribution is 2.17. The van der Waals surface area contributed by atoms with Crippen molar-refractivity contribution >= 4 is 10.0 Å². The van der Waals surface area contributed by atoms with Gasteiger partial charge in [0.05, 0.1) is 13.2 Å². The maximum atomic E-state index is 12.1. The predicted molar refractivity (Wildman–Crippen MR) is 72.4 cm³/mol. The van der Waals surface area contributed by atoms with Crippen molar-refractivity contribution in [2.75, 3.05) is 33.9 Å². The van der Waals surface area contributed by atoms with Crippen LogP contribution in [0.25, 0.3) is 0 Å². The lowest BCUT2D eigenvalue weighted by Crippen LogP contribution is -2.29. The first-order valence-corrected chi connectivity index (χ1v) is 7.71. The van der Waals surface area contributed by atoms with Crippen LogP contribution in [0.2, 0.25) is 0 Å². The van der Waals surface area contributed by atoms with E-state index in [-0.39, 0.29) is 5.09 Å². The number of methoxy groups -OCH3 is 1. The minimum atomic E-state index is -3.56. The van der Waals surface area contributed by atoms with E-state index in [4.69, 9.17) is 9.15 Å². The van der Waals surface area contributed by atoms with Crippen molar-refractivity contribution in [2.24, 2.45) is 0 Å². The van der Waals surface area contributed by atoms with E-state index in [1.54, 1.807) is 6.07 Å². The van der Waals surface area contributed by atoms with Crippen LogP contribution in [0.1, 0.15) is 19.1 Å². The molecule has 1 aromatic heterocycles. The SMILES string of the molecule is CCCNCc1ccc(S(=O)(=O)N(C)CCOC)o1. The Labute approximate surface area is 114 Å². The summed E-state index contributed by atoms with van der Waals surface area (Å²) >= 11 is 0. The number of likely N-dealkylation sites (N-methyl/N-ethyl adjacent to an activating group) is 1. The van der Waals surface area contributed by atoms with E-state index in [0.717, 1.165) is 13.0 Å². The molecule has 0 aliphatic carbocycles. The third kappa shape index (κ3) is 4.61. The molecule has 1 N–H and O–H groups in total. The lowest BCUT2D eigenvalue weighted by molar-refractivity contribution is 0.184. The van der Waals surface area contributed by atoms with Gasteiger partial charge >= 0.3 is 0 Å². The molecule has 0 aromatic carbocycles. The zero-order valence-electron chi connectivity index (χ0n) is 11.7. The average molecular weight is 290 g/mol. The van der Waals surface area contributed by atoms with Gasteiger partial charge in [-0.25, -0.2) is 8.42 Å². The lowest BCUT2D eigenvalue weighted by atomic mass is 10.4. The maximum Gasteiger partial charge on any atom is 0.276 e. The molecule has 0 unspecified atom stereocenters. The topological polar surface area (TPSA) is 71.8 Å². The third-order valence-electron chi connectivity index (χ3n) is 2.64. The molecule has 1 heterocycles. The van der Waals surface area contributed by atoms with Gasteiger partial charge in [-0.3, -0.25) is 0 Å². The van der Waals surface area contributed by atoms with Gasteiger partial charge in [-0.05, 0) is 25.1 Å². The first-order valence-electron chi connectivity index (χ1n) is 6.27. The van der Waals surface area contributed by atoms with Gasteiger partial charge in [0, 0.05) is 20.7 Å². The number of hydrogen-bond acceptors (Lipinski definition) is 5. The van der Waals surface area contributed by atoms with Crippen LogP contribution < -0.4 is 5.32 Å². The summed E-state index contributed by atoms with van der Waals surface area (Å²) in [6.45, 7) is 4.11. The normalized spacial score (nSPS) is 12.2. The van der Waals surface area contributed by atoms with E-state index in [9.17, 15) is 8.42 Å². The Kier molecular flexibility index (Phi) is 6.50. The fourth-order valence-corrected chi connectivity index (χ4v) is 2.55. The first kappa shape index (κ1) is 16.2. The highest BCUT2D eigenvalue weighted by molar-refractivity contribution is 7.89. The number of nitrogens with one attached hydrogen (secondary N) is 1. The summed E-state index contributed by atoms with van der Waals surface area (Å²) in [5.74, 6) is 0.618. The molecular formula is C12H22N2O4S. The molecule has 0 spiro atoms. The van der Waals surface area contributed by atoms with Crippen LogP contribution in [-0.2, 0) is 21.3 Å². The molecule has 0 aliphatic rings. The smallest absolute Gasteiger partial charge is 0.276 e. The molecule has 0 aliphatic heterocycles. The van der Waals surface area contributed by atoms with E-state index in [1.807, 2.05) is 0 Å². The standard InChI is InChI=1S/C12H22N2O4S/c1-4-7-13-10-11-5-6-12(18-11)19(15,16)14(2)8-9-17-3/h5-6,13H,4,7-10H2,1-3H3. The predicted octanol–water partition coefficient (Wildman–Crippen LogP) is 1.05. The quantitative estimate of drug-likeness (QED) is 0.688. The number of furan rings is 1. The van der Waals surface area contributed by atoms with Gasteiger partial charge in [-0.2, -0.15) is 4.31 Å². The van der Waals surface area contributed by atoms with Crippen LogP contribution in [0, 0.1) is 0 Å². The van der Waals surface area contributed by atoms with Crippen molar-refractivity contribution in [3.63, 3.8) is 0 Å². The van der Waals surface area contributed by atoms with E-state index in [1.165, 1.54) is 24.5 Å². The fraction of sp³-hybridized carbons (Fsp3) is 0.667. The van der Waals surface area contributed by atoms with Gasteiger partial charge in [0.15, 0.2) is 0 Å². The average Bonchev–Trinajstić information content (AvgIpc) is 2.85. The van der Waals surface area contributed by atoms with Crippen LogP contribution in [0.15, 0.2) is 21.6 Å². The Morgan fingerprint density at radius 2 is 2.16 bits per heavy atom. The van der Waals surface area contributed by atoms with Gasteiger partial charge in [0.25, 0.3) is 10.0 Å². The molecule has 0 saturated carbocycles. The van der Waals surface area contributed by atoms with Gasteiger partial charge in [0.2, 0.25) is 5.09 Å². The summed E-state index contributed by atoms with van der Waals surface area (Å²) in [5, 5.41) is 3.13. The Morgan fingerprint density at radius 3 is 2.79 bits per heavy atom. The van der Waals surface area contributed by atoms with Gasteiger partial charge < -0.3 is 14.5 Å². The summed E-state index contributed by atoms with van der Waals surface area (Å²) in [6.07, 6.45) is 1.02. The Morgan fingerprint density at radius 1 is 1.42 bits per heavy atom. The minimum absolute atomic E-state index is 0.0283. The molecule has 1 rings (SSSR count). The molecule has 110 valence electrons. The van der Waals surface area contributed by atoms with E-state index in [0.29, 0.717) is 25.5 Å². The van der Waals surface area contributed by atoms with E-state index < -0.39 is 10.0 Å². The number of hydrogen-bond donors (Lipinski definition) is 1. The monoisotopic (exact) mass is 290 g/mol. The zero-order valence-corrected chi connectivity index (χ0v) is 12.5. The van der Waals surface area contributed by atoms with Crippen molar-refractivity contribution in [3.8, 4) is 0 Å². The van der Waals surface area contributed by atoms with Crippen LogP contribution in [0.3, 0.4) is 0 Å². The Bertz CT molecular complexity index is 470. The highest BCUT2D eigenvalue weighted by atomic mass is 32.2. The molecule has 0 atom stereocenters. The van der Waals surface area contributed by atoms with E-state index in [2.05, 4.69) is 12.2 Å². The van der Waals surface area contributed by atoms with Gasteiger partial charge in [-0.1, -0.05) is 6.92 Å². The molecule has 19 heavy (non-hydrogen) atoms. The largest absolute Gasteiger partial charge is 0.447 e. The molecule has 0 radical (unpaired) electrons. The van der Waals surface area contributed by atoms with Crippen LogP contribution in [0.5, 0.6) is 0 Å². The fourth-order valence-electron chi connectivity index (χ4n) is 1.47. The van der Waals surface area contributed by atoms with Gasteiger partial charge in [0.1, 0.15) is 5.76 Å². The van der Waals surface area contributed by atoms with Crippen molar-refractivity contribution in [3.05, 3.63) is 17.9 Å². The Hall–Kier alpha value is -0.890. The molecule has 7 heteroatoms. The molecule has 0 amide bonds. The van der Waals surface area contributed by atoms with Crippen molar-refractivity contribution in [2.45, 2.75) is 25.0 Å². The maximum absolute atomic E-state index is 12.1. The van der Waals surface area contributed by atoms with Crippen LogP contribution >= 0.6 is 0 Å². The summed E-state index contributed by atoms with van der Waals surface area (Å²) in [4.78, 5) is 0. The Balaban J connectivity index is 2.68. The molecule has 0 saturated heterocycles. The van der Waals surface area contributed by atoms with Crippen molar-refractivity contribution < 1.29 is 17.6 Å². The van der Waals surface area contributed by atoms with E-state index >= 15 is 0 Å². The molecule has 0 bridgehead atoms. The van der Waals surface area contributed by atoms with Crippen molar-refractivity contribution in [1.29, 1.82) is 0 Å². The zero-order chi connectivity index (χ0) is 14.3.